The third-order valence-corrected chi connectivity index (χ3v) is 3.27. The number of aromatic amines is 1. The van der Waals surface area contributed by atoms with E-state index in [4.69, 9.17) is 12.2 Å². The van der Waals surface area contributed by atoms with Gasteiger partial charge in [0.05, 0.1) is 6.21 Å². The van der Waals surface area contributed by atoms with Crippen molar-refractivity contribution >= 4 is 18.4 Å². The van der Waals surface area contributed by atoms with Gasteiger partial charge in [-0.25, -0.2) is 0 Å². The molecule has 1 N–H and O–H groups in total. The van der Waals surface area contributed by atoms with Crippen molar-refractivity contribution in [3.05, 3.63) is 45.0 Å². The van der Waals surface area contributed by atoms with Crippen molar-refractivity contribution in [2.24, 2.45) is 5.10 Å². The lowest BCUT2D eigenvalue weighted by Gasteiger charge is -2.05. The zero-order chi connectivity index (χ0) is 13.3. The molecule has 4 nitrogen and oxygen atoms in total. The minimum atomic E-state index is 0.505. The highest BCUT2D eigenvalue weighted by Gasteiger charge is 2.01. The van der Waals surface area contributed by atoms with E-state index in [1.54, 1.807) is 4.68 Å². The Hall–Kier alpha value is -1.75. The topological polar surface area (TPSA) is 46.0 Å². The van der Waals surface area contributed by atoms with Crippen LogP contribution in [0.4, 0.5) is 0 Å². The summed E-state index contributed by atoms with van der Waals surface area (Å²) >= 11 is 5.10. The molecule has 94 valence electrons. The van der Waals surface area contributed by atoms with E-state index in [0.29, 0.717) is 4.77 Å². The number of hydrogen-bond donors (Lipinski definition) is 1. The average Bonchev–Trinajstić information content (AvgIpc) is 2.62. The summed E-state index contributed by atoms with van der Waals surface area (Å²) in [6, 6.07) is 4.30. The lowest BCUT2D eigenvalue weighted by molar-refractivity contribution is 0.820. The Labute approximate surface area is 111 Å². The Balaban J connectivity index is 2.41. The third-order valence-electron chi connectivity index (χ3n) is 3.01. The zero-order valence-electron chi connectivity index (χ0n) is 11.0. The fourth-order valence-electron chi connectivity index (χ4n) is 1.75. The normalized spacial score (nSPS) is 11.3. The number of rotatable bonds is 2. The van der Waals surface area contributed by atoms with Crippen LogP contribution in [0.1, 0.15) is 28.1 Å². The standard InChI is InChI=1S/C13H16N4S/c1-8-5-10(3)12(6-9(8)2)7-14-17-11(4)15-16-13(17)18/h5-7H,1-4H3,(H,16,18)/b14-7-. The van der Waals surface area contributed by atoms with Crippen LogP contribution in [0.25, 0.3) is 0 Å². The molecule has 0 aliphatic carbocycles. The van der Waals surface area contributed by atoms with Gasteiger partial charge in [-0.1, -0.05) is 6.07 Å². The van der Waals surface area contributed by atoms with Crippen molar-refractivity contribution in [3.63, 3.8) is 0 Å². The molecule has 1 aromatic carbocycles. The van der Waals surface area contributed by atoms with Crippen LogP contribution in [0, 0.1) is 32.5 Å². The summed E-state index contributed by atoms with van der Waals surface area (Å²) in [5.41, 5.74) is 4.85. The zero-order valence-corrected chi connectivity index (χ0v) is 11.8. The number of hydrogen-bond acceptors (Lipinski definition) is 3. The summed E-state index contributed by atoms with van der Waals surface area (Å²) in [6.07, 6.45) is 1.82. The minimum Gasteiger partial charge on any atom is -0.250 e. The quantitative estimate of drug-likeness (QED) is 0.666. The first-order chi connectivity index (χ1) is 8.49. The highest BCUT2D eigenvalue weighted by molar-refractivity contribution is 7.71. The number of aryl methyl sites for hydroxylation is 4. The van der Waals surface area contributed by atoms with E-state index in [9.17, 15) is 0 Å². The Kier molecular flexibility index (Phi) is 3.43. The maximum atomic E-state index is 5.10. The molecule has 0 saturated carbocycles. The van der Waals surface area contributed by atoms with Gasteiger partial charge in [0, 0.05) is 0 Å². The number of H-pyrrole nitrogens is 1. The SMILES string of the molecule is Cc1cc(C)c(/C=N\n2c(C)n[nH]c2=S)cc1C. The first kappa shape index (κ1) is 12.7. The second-order valence-electron chi connectivity index (χ2n) is 4.43. The van der Waals surface area contributed by atoms with E-state index in [1.165, 1.54) is 16.7 Å². The average molecular weight is 260 g/mol. The fraction of sp³-hybridized carbons (Fsp3) is 0.308. The maximum Gasteiger partial charge on any atom is 0.216 e. The second kappa shape index (κ2) is 4.86. The molecule has 5 heteroatoms. The summed E-state index contributed by atoms with van der Waals surface area (Å²) in [5, 5.41) is 11.1. The van der Waals surface area contributed by atoms with E-state index in [0.717, 1.165) is 11.4 Å². The summed E-state index contributed by atoms with van der Waals surface area (Å²) < 4.78 is 2.12. The minimum absolute atomic E-state index is 0.505. The van der Waals surface area contributed by atoms with Crippen LogP contribution >= 0.6 is 12.2 Å². The Morgan fingerprint density at radius 2 is 1.83 bits per heavy atom. The van der Waals surface area contributed by atoms with Gasteiger partial charge in [-0.05, 0) is 68.2 Å². The molecule has 2 rings (SSSR count). The van der Waals surface area contributed by atoms with Crippen molar-refractivity contribution in [3.8, 4) is 0 Å². The number of benzene rings is 1. The number of nitrogens with zero attached hydrogens (tertiary/aromatic N) is 3. The summed E-state index contributed by atoms with van der Waals surface area (Å²) in [5.74, 6) is 0.748. The van der Waals surface area contributed by atoms with Gasteiger partial charge in [0.15, 0.2) is 0 Å². The smallest absolute Gasteiger partial charge is 0.216 e. The largest absolute Gasteiger partial charge is 0.250 e. The van der Waals surface area contributed by atoms with Gasteiger partial charge in [-0.2, -0.15) is 14.9 Å². The van der Waals surface area contributed by atoms with Gasteiger partial charge in [-0.3, -0.25) is 5.10 Å². The van der Waals surface area contributed by atoms with Crippen molar-refractivity contribution in [2.75, 3.05) is 0 Å². The molecule has 0 fully saturated rings. The van der Waals surface area contributed by atoms with E-state index in [1.807, 2.05) is 13.1 Å². The summed E-state index contributed by atoms with van der Waals surface area (Å²) in [4.78, 5) is 0. The van der Waals surface area contributed by atoms with Crippen molar-refractivity contribution < 1.29 is 0 Å². The van der Waals surface area contributed by atoms with Crippen LogP contribution in [0.15, 0.2) is 17.2 Å². The lowest BCUT2D eigenvalue weighted by atomic mass is 10.0. The third kappa shape index (κ3) is 2.41. The van der Waals surface area contributed by atoms with Crippen molar-refractivity contribution in [2.45, 2.75) is 27.7 Å². The lowest BCUT2D eigenvalue weighted by Crippen LogP contribution is -1.96. The van der Waals surface area contributed by atoms with Crippen molar-refractivity contribution in [1.82, 2.24) is 14.9 Å². The molecule has 1 aromatic heterocycles. The molecule has 0 aliphatic heterocycles. The van der Waals surface area contributed by atoms with Gasteiger partial charge >= 0.3 is 0 Å². The molecule has 1 heterocycles. The monoisotopic (exact) mass is 260 g/mol. The van der Waals surface area contributed by atoms with E-state index in [-0.39, 0.29) is 0 Å². The summed E-state index contributed by atoms with van der Waals surface area (Å²) in [6.45, 7) is 8.15. The van der Waals surface area contributed by atoms with Gasteiger partial charge in [0.25, 0.3) is 0 Å². The van der Waals surface area contributed by atoms with Crippen LogP contribution in [0.5, 0.6) is 0 Å². The Morgan fingerprint density at radius 3 is 2.44 bits per heavy atom. The molecule has 0 spiro atoms. The molecule has 0 saturated heterocycles. The second-order valence-corrected chi connectivity index (χ2v) is 4.81. The molecule has 0 unspecified atom stereocenters. The first-order valence-corrected chi connectivity index (χ1v) is 6.16. The van der Waals surface area contributed by atoms with Crippen LogP contribution in [-0.4, -0.2) is 21.1 Å². The van der Waals surface area contributed by atoms with Crippen LogP contribution in [0.2, 0.25) is 0 Å². The Morgan fingerprint density at radius 1 is 1.17 bits per heavy atom. The van der Waals surface area contributed by atoms with Crippen LogP contribution < -0.4 is 0 Å². The van der Waals surface area contributed by atoms with Gasteiger partial charge < -0.3 is 0 Å². The van der Waals surface area contributed by atoms with Gasteiger partial charge in [-0.15, -0.1) is 0 Å². The van der Waals surface area contributed by atoms with Gasteiger partial charge in [0.1, 0.15) is 5.82 Å². The van der Waals surface area contributed by atoms with E-state index >= 15 is 0 Å². The maximum absolute atomic E-state index is 5.10. The molecule has 0 amide bonds. The molecular formula is C13H16N4S. The van der Waals surface area contributed by atoms with Gasteiger partial charge in [0.2, 0.25) is 4.77 Å². The first-order valence-electron chi connectivity index (χ1n) is 5.75. The highest BCUT2D eigenvalue weighted by Crippen LogP contribution is 2.13. The van der Waals surface area contributed by atoms with E-state index < -0.39 is 0 Å². The fourth-order valence-corrected chi connectivity index (χ4v) is 1.97. The predicted octanol–water partition coefficient (Wildman–Crippen LogP) is 3.06. The molecule has 0 aliphatic rings. The van der Waals surface area contributed by atoms with Crippen molar-refractivity contribution in [1.29, 1.82) is 0 Å². The molecule has 0 atom stereocenters. The predicted molar refractivity (Wildman–Crippen MR) is 75.8 cm³/mol. The molecule has 0 bridgehead atoms. The van der Waals surface area contributed by atoms with Crippen LogP contribution in [0.3, 0.4) is 0 Å². The Bertz CT molecular complexity index is 664. The molecular weight excluding hydrogens is 244 g/mol. The molecule has 2 aromatic rings. The number of nitrogens with one attached hydrogen (secondary N) is 1. The number of aromatic nitrogens is 3. The molecule has 0 radical (unpaired) electrons. The molecule has 18 heavy (non-hydrogen) atoms. The summed E-state index contributed by atoms with van der Waals surface area (Å²) in [7, 11) is 0. The van der Waals surface area contributed by atoms with E-state index in [2.05, 4.69) is 48.2 Å². The van der Waals surface area contributed by atoms with Crippen LogP contribution in [-0.2, 0) is 0 Å². The highest BCUT2D eigenvalue weighted by atomic mass is 32.1.